The van der Waals surface area contributed by atoms with Crippen LogP contribution in [0.3, 0.4) is 0 Å². The van der Waals surface area contributed by atoms with E-state index in [1.807, 2.05) is 32.4 Å². The molecule has 1 fully saturated rings. The molecule has 1 aromatic heterocycles. The number of ether oxygens (including phenoxy) is 2. The van der Waals surface area contributed by atoms with E-state index in [9.17, 15) is 9.59 Å². The molecule has 2 aromatic rings. The van der Waals surface area contributed by atoms with Crippen molar-refractivity contribution >= 4 is 17.5 Å². The van der Waals surface area contributed by atoms with E-state index in [-0.39, 0.29) is 24.3 Å². The van der Waals surface area contributed by atoms with E-state index in [4.69, 9.17) is 9.47 Å². The number of nitrogens with one attached hydrogen (secondary N) is 1. The summed E-state index contributed by atoms with van der Waals surface area (Å²) in [7, 11) is 3.12. The molecule has 1 aliphatic heterocycles. The Kier molecular flexibility index (Phi) is 6.34. The largest absolute Gasteiger partial charge is 0.497 e. The molecule has 0 radical (unpaired) electrons. The van der Waals surface area contributed by atoms with Gasteiger partial charge in [0.25, 0.3) is 0 Å². The van der Waals surface area contributed by atoms with Crippen LogP contribution in [0.25, 0.3) is 0 Å². The zero-order valence-corrected chi connectivity index (χ0v) is 18.5. The Morgan fingerprint density at radius 3 is 2.60 bits per heavy atom. The minimum absolute atomic E-state index is 0.0243. The first-order chi connectivity index (χ1) is 14.3. The van der Waals surface area contributed by atoms with Gasteiger partial charge in [0.05, 0.1) is 37.6 Å². The van der Waals surface area contributed by atoms with Gasteiger partial charge < -0.3 is 19.7 Å². The fourth-order valence-electron chi connectivity index (χ4n) is 3.78. The van der Waals surface area contributed by atoms with Crippen molar-refractivity contribution in [1.82, 2.24) is 15.1 Å². The molecule has 8 heteroatoms. The Hall–Kier alpha value is -3.03. The molecule has 3 rings (SSSR count). The van der Waals surface area contributed by atoms with Gasteiger partial charge in [-0.15, -0.1) is 0 Å². The normalized spacial score (nSPS) is 17.2. The number of aryl methyl sites for hydroxylation is 1. The lowest BCUT2D eigenvalue weighted by molar-refractivity contribution is -0.126. The zero-order chi connectivity index (χ0) is 22.0. The molecular formula is C22H30N4O4. The zero-order valence-electron chi connectivity index (χ0n) is 18.5. The van der Waals surface area contributed by atoms with E-state index in [1.54, 1.807) is 37.3 Å². The number of amides is 2. The summed E-state index contributed by atoms with van der Waals surface area (Å²) in [6.45, 7) is 8.86. The molecule has 30 heavy (non-hydrogen) atoms. The lowest BCUT2D eigenvalue weighted by Gasteiger charge is -2.20. The van der Waals surface area contributed by atoms with Gasteiger partial charge in [-0.3, -0.25) is 14.3 Å². The third-order valence-corrected chi connectivity index (χ3v) is 5.85. The van der Waals surface area contributed by atoms with E-state index in [0.29, 0.717) is 30.3 Å². The average Bonchev–Trinajstić information content (AvgIpc) is 3.26. The summed E-state index contributed by atoms with van der Waals surface area (Å²) in [5, 5.41) is 7.55. The van der Waals surface area contributed by atoms with Crippen LogP contribution in [0, 0.1) is 26.7 Å². The maximum absolute atomic E-state index is 12.7. The van der Waals surface area contributed by atoms with Gasteiger partial charge in [0.2, 0.25) is 11.8 Å². The Balaban J connectivity index is 1.64. The SMILES string of the molecule is COc1ccc(N2C[C@@H](C(=O)NC[C@H](C)n3nc(C)c(C)c3C)CC2=O)c(OC)c1. The van der Waals surface area contributed by atoms with Crippen LogP contribution >= 0.6 is 0 Å². The highest BCUT2D eigenvalue weighted by atomic mass is 16.5. The minimum atomic E-state index is -0.404. The molecule has 162 valence electrons. The number of hydrogen-bond donors (Lipinski definition) is 1. The Morgan fingerprint density at radius 2 is 2.00 bits per heavy atom. The second-order valence-electron chi connectivity index (χ2n) is 7.78. The first-order valence-corrected chi connectivity index (χ1v) is 10.1. The number of methoxy groups -OCH3 is 2. The summed E-state index contributed by atoms with van der Waals surface area (Å²) < 4.78 is 12.6. The smallest absolute Gasteiger partial charge is 0.227 e. The third-order valence-electron chi connectivity index (χ3n) is 5.85. The van der Waals surface area contributed by atoms with Gasteiger partial charge in [0, 0.05) is 31.3 Å². The van der Waals surface area contributed by atoms with E-state index >= 15 is 0 Å². The molecule has 0 unspecified atom stereocenters. The van der Waals surface area contributed by atoms with Gasteiger partial charge in [-0.05, 0) is 45.4 Å². The number of carbonyl (C=O) groups excluding carboxylic acids is 2. The van der Waals surface area contributed by atoms with Gasteiger partial charge >= 0.3 is 0 Å². The highest BCUT2D eigenvalue weighted by Gasteiger charge is 2.36. The minimum Gasteiger partial charge on any atom is -0.497 e. The van der Waals surface area contributed by atoms with Gasteiger partial charge in [0.15, 0.2) is 0 Å². The predicted molar refractivity (Wildman–Crippen MR) is 114 cm³/mol. The highest BCUT2D eigenvalue weighted by Crippen LogP contribution is 2.35. The Bertz CT molecular complexity index is 953. The summed E-state index contributed by atoms with van der Waals surface area (Å²) in [6, 6.07) is 5.31. The molecule has 1 N–H and O–H groups in total. The van der Waals surface area contributed by atoms with E-state index in [1.165, 1.54) is 5.56 Å². The first-order valence-electron chi connectivity index (χ1n) is 10.1. The topological polar surface area (TPSA) is 85.7 Å². The van der Waals surface area contributed by atoms with Crippen molar-refractivity contribution in [2.24, 2.45) is 5.92 Å². The molecule has 0 saturated carbocycles. The van der Waals surface area contributed by atoms with Gasteiger partial charge in [-0.2, -0.15) is 5.10 Å². The summed E-state index contributed by atoms with van der Waals surface area (Å²) in [4.78, 5) is 27.0. The lowest BCUT2D eigenvalue weighted by atomic mass is 10.1. The molecule has 1 aromatic carbocycles. The van der Waals surface area contributed by atoms with Crippen LogP contribution in [0.15, 0.2) is 18.2 Å². The van der Waals surface area contributed by atoms with Crippen molar-refractivity contribution < 1.29 is 19.1 Å². The fourth-order valence-corrected chi connectivity index (χ4v) is 3.78. The molecular weight excluding hydrogens is 384 g/mol. The standard InChI is InChI=1S/C22H30N4O4/c1-13(26-16(4)14(2)15(3)24-26)11-23-22(28)17-9-21(27)25(12-17)19-8-7-18(29-5)10-20(19)30-6/h7-8,10,13,17H,9,11-12H2,1-6H3,(H,23,28)/t13-,17-/m0/s1. The number of nitrogens with zero attached hydrogens (tertiary/aromatic N) is 3. The van der Waals surface area contributed by atoms with Gasteiger partial charge in [-0.1, -0.05) is 0 Å². The predicted octanol–water partition coefficient (Wildman–Crippen LogP) is 2.56. The van der Waals surface area contributed by atoms with Crippen LogP contribution in [0.2, 0.25) is 0 Å². The number of anilines is 1. The van der Waals surface area contributed by atoms with Gasteiger partial charge in [-0.25, -0.2) is 0 Å². The highest BCUT2D eigenvalue weighted by molar-refractivity contribution is 6.01. The summed E-state index contributed by atoms with van der Waals surface area (Å²) >= 11 is 0. The van der Waals surface area contributed by atoms with Crippen LogP contribution in [0.4, 0.5) is 5.69 Å². The van der Waals surface area contributed by atoms with Crippen LogP contribution in [-0.4, -0.2) is 48.9 Å². The van der Waals surface area contributed by atoms with Gasteiger partial charge in [0.1, 0.15) is 11.5 Å². The maximum Gasteiger partial charge on any atom is 0.227 e. The molecule has 0 spiro atoms. The monoisotopic (exact) mass is 414 g/mol. The molecule has 1 aliphatic rings. The number of benzene rings is 1. The number of hydrogen-bond acceptors (Lipinski definition) is 5. The van der Waals surface area contributed by atoms with Crippen molar-refractivity contribution in [2.45, 2.75) is 40.2 Å². The van der Waals surface area contributed by atoms with Crippen molar-refractivity contribution in [3.05, 3.63) is 35.2 Å². The summed E-state index contributed by atoms with van der Waals surface area (Å²) in [6.07, 6.45) is 0.175. The second kappa shape index (κ2) is 8.77. The fraction of sp³-hybridized carbons (Fsp3) is 0.500. The number of rotatable bonds is 7. The summed E-state index contributed by atoms with van der Waals surface area (Å²) in [5.74, 6) is 0.560. The maximum atomic E-state index is 12.7. The quantitative estimate of drug-likeness (QED) is 0.753. The van der Waals surface area contributed by atoms with Crippen molar-refractivity contribution in [3.8, 4) is 11.5 Å². The Labute approximate surface area is 177 Å². The van der Waals surface area contributed by atoms with Crippen molar-refractivity contribution in [2.75, 3.05) is 32.2 Å². The van der Waals surface area contributed by atoms with Crippen LogP contribution in [0.5, 0.6) is 11.5 Å². The van der Waals surface area contributed by atoms with E-state index in [0.717, 1.165) is 11.4 Å². The number of carbonyl (C=O) groups is 2. The van der Waals surface area contributed by atoms with E-state index in [2.05, 4.69) is 10.4 Å². The second-order valence-corrected chi connectivity index (χ2v) is 7.78. The third kappa shape index (κ3) is 4.13. The molecule has 8 nitrogen and oxygen atoms in total. The average molecular weight is 415 g/mol. The molecule has 2 atom stereocenters. The van der Waals surface area contributed by atoms with Crippen LogP contribution in [0.1, 0.15) is 36.3 Å². The van der Waals surface area contributed by atoms with E-state index < -0.39 is 5.92 Å². The van der Waals surface area contributed by atoms with Crippen LogP contribution < -0.4 is 19.7 Å². The lowest BCUT2D eigenvalue weighted by Crippen LogP contribution is -2.36. The van der Waals surface area contributed by atoms with Crippen molar-refractivity contribution in [3.63, 3.8) is 0 Å². The Morgan fingerprint density at radius 1 is 1.27 bits per heavy atom. The molecule has 2 amide bonds. The number of aromatic nitrogens is 2. The molecule has 2 heterocycles. The summed E-state index contributed by atoms with van der Waals surface area (Å²) in [5.41, 5.74) is 3.91. The molecule has 1 saturated heterocycles. The molecule has 0 bridgehead atoms. The first kappa shape index (κ1) is 21.7. The van der Waals surface area contributed by atoms with Crippen molar-refractivity contribution in [1.29, 1.82) is 0 Å². The van der Waals surface area contributed by atoms with Crippen LogP contribution in [-0.2, 0) is 9.59 Å². The molecule has 0 aliphatic carbocycles.